The van der Waals surface area contributed by atoms with E-state index in [1.807, 2.05) is 0 Å². The zero-order valence-electron chi connectivity index (χ0n) is 23.2. The summed E-state index contributed by atoms with van der Waals surface area (Å²) in [6, 6.07) is 13.8. The molecule has 0 aliphatic rings. The minimum atomic E-state index is -1.57. The zero-order valence-corrected chi connectivity index (χ0v) is 29.3. The Kier molecular flexibility index (Phi) is 29.1. The molecule has 38 heavy (non-hydrogen) atoms. The van der Waals surface area contributed by atoms with E-state index < -0.39 is 14.5 Å². The lowest BCUT2D eigenvalue weighted by molar-refractivity contribution is -0.00100. The first-order chi connectivity index (χ1) is 17.4. The number of unbranched alkanes of at least 4 members (excludes halogenated alkanes) is 6. The second kappa shape index (κ2) is 26.5. The van der Waals surface area contributed by atoms with Crippen LogP contribution in [0.4, 0.5) is 0 Å². The van der Waals surface area contributed by atoms with E-state index in [9.17, 15) is 31.6 Å². The third-order valence-corrected chi connectivity index (χ3v) is 19.6. The zero-order chi connectivity index (χ0) is 27.1. The topological polar surface area (TPSA) is 143 Å². The molecule has 2 atom stereocenters. The normalized spacial score (nSPS) is 12.0. The van der Waals surface area contributed by atoms with E-state index in [-0.39, 0.29) is 48.0 Å². The van der Waals surface area contributed by atoms with Gasteiger partial charge in [-0.05, 0) is 52.4 Å². The van der Waals surface area contributed by atoms with E-state index in [0.29, 0.717) is 49.8 Å². The molecule has 0 saturated heterocycles. The van der Waals surface area contributed by atoms with Crippen LogP contribution in [0.2, 0.25) is 0 Å². The van der Waals surface area contributed by atoms with Crippen LogP contribution < -0.4 is 48.0 Å². The van der Waals surface area contributed by atoms with Gasteiger partial charge in [0.1, 0.15) is 11.3 Å². The molecule has 0 N–H and O–H groups in total. The van der Waals surface area contributed by atoms with Crippen molar-refractivity contribution in [3.8, 4) is 36.4 Å². The third kappa shape index (κ3) is 15.8. The number of hydrogen-bond donors (Lipinski definition) is 0. The van der Waals surface area contributed by atoms with Gasteiger partial charge >= 0.3 is 0 Å². The van der Waals surface area contributed by atoms with Gasteiger partial charge in [0.25, 0.3) is 0 Å². The molecular weight excluding hydrogens is 736 g/mol. The van der Waals surface area contributed by atoms with Gasteiger partial charge in [0, 0.05) is 53.0 Å². The van der Waals surface area contributed by atoms with Crippen LogP contribution in [0.25, 0.3) is 0 Å². The largest absolute Gasteiger partial charge is 1.00 e. The van der Waals surface area contributed by atoms with Gasteiger partial charge in [0.15, 0.2) is 0 Å². The molecule has 0 amide bonds. The number of halogens is 2. The molecular formula is C28H44I2N6P2. The summed E-state index contributed by atoms with van der Waals surface area (Å²) in [6.07, 6.45) is 14.5. The average molecular weight is 780 g/mol. The molecule has 0 spiro atoms. The fraction of sp³-hybridized carbons (Fsp3) is 0.786. The molecule has 210 valence electrons. The van der Waals surface area contributed by atoms with E-state index in [1.54, 1.807) is 0 Å². The van der Waals surface area contributed by atoms with Crippen molar-refractivity contribution in [2.45, 2.75) is 102 Å². The van der Waals surface area contributed by atoms with Crippen molar-refractivity contribution >= 4 is 14.5 Å². The molecule has 6 nitrogen and oxygen atoms in total. The van der Waals surface area contributed by atoms with Crippen LogP contribution in [0.1, 0.15) is 90.9 Å². The Labute approximate surface area is 267 Å². The fourth-order valence-corrected chi connectivity index (χ4v) is 17.7. The molecule has 0 bridgehead atoms. The lowest BCUT2D eigenvalue weighted by Crippen LogP contribution is -3.00. The summed E-state index contributed by atoms with van der Waals surface area (Å²) in [5.41, 5.74) is 0.876. The van der Waals surface area contributed by atoms with Crippen molar-refractivity contribution in [3.63, 3.8) is 0 Å². The summed E-state index contributed by atoms with van der Waals surface area (Å²) in [6.45, 7) is 4.77. The van der Waals surface area contributed by atoms with Crippen LogP contribution in [-0.4, -0.2) is 48.3 Å². The van der Waals surface area contributed by atoms with Gasteiger partial charge in [-0.15, -0.1) is 0 Å². The highest BCUT2D eigenvalue weighted by atomic mass is 127. The summed E-state index contributed by atoms with van der Waals surface area (Å²) in [5.74, 6) is 0. The molecule has 0 aromatic heterocycles. The van der Waals surface area contributed by atoms with E-state index in [0.717, 1.165) is 75.5 Å². The maximum atomic E-state index is 9.23. The van der Waals surface area contributed by atoms with Gasteiger partial charge in [-0.1, -0.05) is 0 Å². The maximum Gasteiger partial charge on any atom is 0.103 e. The lowest BCUT2D eigenvalue weighted by atomic mass is 10.3. The quantitative estimate of drug-likeness (QED) is 0.0986. The maximum absolute atomic E-state index is 9.23. The Bertz CT molecular complexity index is 700. The third-order valence-electron chi connectivity index (χ3n) is 7.78. The van der Waals surface area contributed by atoms with Crippen molar-refractivity contribution in [1.82, 2.24) is 0 Å². The number of nitriles is 6. The minimum Gasteiger partial charge on any atom is -1.00 e. The summed E-state index contributed by atoms with van der Waals surface area (Å²) in [5, 5.41) is 55.4. The molecule has 0 aromatic carbocycles. The molecule has 0 aliphatic heterocycles. The Morgan fingerprint density at radius 1 is 0.395 bits per heavy atom. The van der Waals surface area contributed by atoms with Crippen LogP contribution in [0.15, 0.2) is 0 Å². The Morgan fingerprint density at radius 2 is 0.553 bits per heavy atom. The predicted molar refractivity (Wildman–Crippen MR) is 151 cm³/mol. The number of nitrogens with zero attached hydrogens (tertiary/aromatic N) is 6. The van der Waals surface area contributed by atoms with Crippen molar-refractivity contribution < 1.29 is 48.0 Å². The van der Waals surface area contributed by atoms with E-state index in [1.165, 1.54) is 0 Å². The first-order valence-corrected chi connectivity index (χ1v) is 18.2. The number of rotatable bonds is 21. The van der Waals surface area contributed by atoms with Crippen molar-refractivity contribution in [1.29, 1.82) is 31.6 Å². The molecule has 0 radical (unpaired) electrons. The van der Waals surface area contributed by atoms with E-state index in [4.69, 9.17) is 0 Å². The van der Waals surface area contributed by atoms with Gasteiger partial charge in [-0.2, -0.15) is 31.6 Å². The monoisotopic (exact) mass is 780 g/mol. The summed E-state index contributed by atoms with van der Waals surface area (Å²) < 4.78 is 0. The number of hydrogen-bond acceptors (Lipinski definition) is 6. The molecule has 0 saturated carbocycles. The van der Waals surface area contributed by atoms with Crippen LogP contribution in [0.3, 0.4) is 0 Å². The second-order valence-electron chi connectivity index (χ2n) is 9.83. The smallest absolute Gasteiger partial charge is 0.103 e. The molecule has 0 aromatic rings. The fourth-order valence-electron chi connectivity index (χ4n) is 5.65. The molecule has 0 heterocycles. The van der Waals surface area contributed by atoms with Gasteiger partial charge in [-0.25, -0.2) is 0 Å². The van der Waals surface area contributed by atoms with Crippen molar-refractivity contribution in [3.05, 3.63) is 0 Å². The minimum absolute atomic E-state index is 0. The molecule has 0 aliphatic carbocycles. The summed E-state index contributed by atoms with van der Waals surface area (Å²) in [4.78, 5) is 0. The lowest BCUT2D eigenvalue weighted by Gasteiger charge is -2.42. The highest BCUT2D eigenvalue weighted by Gasteiger charge is 2.53. The first-order valence-electron chi connectivity index (χ1n) is 13.4. The van der Waals surface area contributed by atoms with Crippen LogP contribution in [-0.2, 0) is 0 Å². The Balaban J connectivity index is -0.00000612. The average Bonchev–Trinajstić information content (AvgIpc) is 2.88. The molecule has 0 fully saturated rings. The summed E-state index contributed by atoms with van der Waals surface area (Å²) >= 11 is 0. The van der Waals surface area contributed by atoms with Crippen LogP contribution in [0, 0.1) is 68.0 Å². The van der Waals surface area contributed by atoms with Gasteiger partial charge in [0.2, 0.25) is 0 Å². The highest BCUT2D eigenvalue weighted by Crippen LogP contribution is 2.74. The standard InChI is InChI=1S/C28H44N6P2.2HI/c1-27(35(21-9-3-15-29,22-10-4-16-30)23-11-5-17-31)28(2)36(24-12-6-18-32,25-13-7-19-33)26-14-8-20-34;;/h27-28H,3-14,21-26H2,1-2H3;2*1H/q+2;;/p-2. The van der Waals surface area contributed by atoms with Crippen LogP contribution in [0.5, 0.6) is 0 Å². The van der Waals surface area contributed by atoms with E-state index >= 15 is 0 Å². The predicted octanol–water partition coefficient (Wildman–Crippen LogP) is 1.63. The second-order valence-corrected chi connectivity index (χ2v) is 19.0. The Morgan fingerprint density at radius 3 is 0.684 bits per heavy atom. The highest BCUT2D eigenvalue weighted by molar-refractivity contribution is 7.80. The molecule has 10 heteroatoms. The molecule has 0 rings (SSSR count). The molecule has 2 unspecified atom stereocenters. The Hall–Kier alpha value is -0.740. The van der Waals surface area contributed by atoms with E-state index in [2.05, 4.69) is 50.3 Å². The van der Waals surface area contributed by atoms with Crippen molar-refractivity contribution in [2.75, 3.05) is 37.0 Å². The van der Waals surface area contributed by atoms with Crippen molar-refractivity contribution in [2.24, 2.45) is 0 Å². The van der Waals surface area contributed by atoms with Gasteiger partial charge < -0.3 is 48.0 Å². The van der Waals surface area contributed by atoms with Gasteiger partial charge in [0.05, 0.1) is 73.4 Å². The summed E-state index contributed by atoms with van der Waals surface area (Å²) in [7, 11) is -3.13. The SMILES string of the molecule is CC(C(C)[P+](CCCC#N)(CCCC#N)CCCC#N)[P+](CCCC#N)(CCCC#N)CCCC#N.[I-].[I-]. The van der Waals surface area contributed by atoms with Crippen LogP contribution >= 0.6 is 14.5 Å². The first kappa shape index (κ1) is 41.7. The van der Waals surface area contributed by atoms with Gasteiger partial charge in [-0.3, -0.25) is 0 Å².